The molecule has 0 radical (unpaired) electrons. The first-order chi connectivity index (χ1) is 8.09. The molecule has 1 amide bonds. The van der Waals surface area contributed by atoms with Gasteiger partial charge in [-0.3, -0.25) is 9.69 Å². The molecule has 2 saturated heterocycles. The second-order valence-electron chi connectivity index (χ2n) is 6.02. The first kappa shape index (κ1) is 12.9. The molecular weight excluding hydrogens is 212 g/mol. The third-order valence-corrected chi connectivity index (χ3v) is 4.52. The van der Waals surface area contributed by atoms with Crippen molar-refractivity contribution in [2.24, 2.45) is 11.8 Å². The van der Waals surface area contributed by atoms with E-state index in [1.54, 1.807) is 6.92 Å². The zero-order chi connectivity index (χ0) is 12.4. The predicted octanol–water partition coefficient (Wildman–Crippen LogP) is 2.02. The second-order valence-corrected chi connectivity index (χ2v) is 6.02. The zero-order valence-corrected chi connectivity index (χ0v) is 11.4. The lowest BCUT2D eigenvalue weighted by Crippen LogP contribution is -2.61. The van der Waals surface area contributed by atoms with Gasteiger partial charge in [-0.15, -0.1) is 0 Å². The molecule has 1 N–H and O–H groups in total. The number of nitrogens with zero attached hydrogens (tertiary/aromatic N) is 1. The molecule has 98 valence electrons. The van der Waals surface area contributed by atoms with Crippen LogP contribution < -0.4 is 5.32 Å². The maximum absolute atomic E-state index is 11.4. The smallest absolute Gasteiger partial charge is 0.217 e. The number of fused-ring (bicyclic) bond motifs is 1. The third kappa shape index (κ3) is 2.82. The van der Waals surface area contributed by atoms with Crippen molar-refractivity contribution >= 4 is 5.91 Å². The average molecular weight is 238 g/mol. The lowest BCUT2D eigenvalue weighted by atomic mass is 9.76. The van der Waals surface area contributed by atoms with Gasteiger partial charge in [0.15, 0.2) is 0 Å². The Labute approximate surface area is 105 Å². The predicted molar refractivity (Wildman–Crippen MR) is 69.8 cm³/mol. The van der Waals surface area contributed by atoms with Gasteiger partial charge in [-0.1, -0.05) is 20.3 Å². The van der Waals surface area contributed by atoms with E-state index in [0.29, 0.717) is 23.9 Å². The molecule has 3 atom stereocenters. The monoisotopic (exact) mass is 238 g/mol. The van der Waals surface area contributed by atoms with Crippen molar-refractivity contribution in [1.82, 2.24) is 10.2 Å². The van der Waals surface area contributed by atoms with Gasteiger partial charge >= 0.3 is 0 Å². The van der Waals surface area contributed by atoms with Gasteiger partial charge in [0.1, 0.15) is 0 Å². The molecule has 0 aromatic carbocycles. The molecule has 0 unspecified atom stereocenters. The number of hydrogen-bond acceptors (Lipinski definition) is 2. The van der Waals surface area contributed by atoms with E-state index in [2.05, 4.69) is 24.1 Å². The fourth-order valence-corrected chi connectivity index (χ4v) is 3.67. The van der Waals surface area contributed by atoms with Crippen molar-refractivity contribution in [2.45, 2.75) is 58.5 Å². The molecule has 17 heavy (non-hydrogen) atoms. The standard InChI is InChI=1S/C14H26N2O/c1-10(2)12-7-9-16-8-5-4-6-13(16)14(12)15-11(3)17/h10,12-14H,4-9H2,1-3H3,(H,15,17)/t12-,13+,14+/m1/s1. The Morgan fingerprint density at radius 2 is 2.00 bits per heavy atom. The van der Waals surface area contributed by atoms with E-state index in [1.165, 1.54) is 38.8 Å². The highest BCUT2D eigenvalue weighted by atomic mass is 16.1. The molecule has 0 saturated carbocycles. The van der Waals surface area contributed by atoms with Crippen molar-refractivity contribution in [2.75, 3.05) is 13.1 Å². The Balaban J connectivity index is 2.12. The van der Waals surface area contributed by atoms with Crippen LogP contribution in [0.4, 0.5) is 0 Å². The van der Waals surface area contributed by atoms with Crippen LogP contribution in [-0.2, 0) is 4.79 Å². The summed E-state index contributed by atoms with van der Waals surface area (Å²) in [7, 11) is 0. The van der Waals surface area contributed by atoms with Gasteiger partial charge in [0.05, 0.1) is 0 Å². The van der Waals surface area contributed by atoms with E-state index in [1.807, 2.05) is 0 Å². The SMILES string of the molecule is CC(=O)N[C@H]1[C@@H](C(C)C)CCN2CCCC[C@@H]12. The van der Waals surface area contributed by atoms with Crippen LogP contribution in [0.1, 0.15) is 46.5 Å². The number of carbonyl (C=O) groups is 1. The minimum atomic E-state index is 0.132. The minimum absolute atomic E-state index is 0.132. The van der Waals surface area contributed by atoms with Crippen LogP contribution in [0.25, 0.3) is 0 Å². The van der Waals surface area contributed by atoms with E-state index in [-0.39, 0.29) is 5.91 Å². The van der Waals surface area contributed by atoms with Crippen LogP contribution >= 0.6 is 0 Å². The molecule has 0 aromatic rings. The van der Waals surface area contributed by atoms with Gasteiger partial charge in [0.2, 0.25) is 5.91 Å². The van der Waals surface area contributed by atoms with Crippen LogP contribution in [0.5, 0.6) is 0 Å². The number of rotatable bonds is 2. The molecule has 2 aliphatic rings. The Morgan fingerprint density at radius 1 is 1.24 bits per heavy atom. The van der Waals surface area contributed by atoms with Crippen LogP contribution in [0.15, 0.2) is 0 Å². The Bertz CT molecular complexity index is 277. The molecule has 0 bridgehead atoms. The molecule has 3 nitrogen and oxygen atoms in total. The molecule has 0 aliphatic carbocycles. The number of nitrogens with one attached hydrogen (secondary N) is 1. The molecule has 3 heteroatoms. The van der Waals surface area contributed by atoms with Gasteiger partial charge < -0.3 is 5.32 Å². The molecule has 2 heterocycles. The first-order valence-electron chi connectivity index (χ1n) is 7.10. The maximum atomic E-state index is 11.4. The van der Waals surface area contributed by atoms with Crippen molar-refractivity contribution in [3.63, 3.8) is 0 Å². The summed E-state index contributed by atoms with van der Waals surface area (Å²) in [6.45, 7) is 8.68. The van der Waals surface area contributed by atoms with E-state index >= 15 is 0 Å². The summed E-state index contributed by atoms with van der Waals surface area (Å²) in [4.78, 5) is 14.0. The zero-order valence-electron chi connectivity index (χ0n) is 11.4. The Morgan fingerprint density at radius 3 is 2.65 bits per heavy atom. The number of amides is 1. The molecule has 0 spiro atoms. The van der Waals surface area contributed by atoms with Crippen molar-refractivity contribution in [1.29, 1.82) is 0 Å². The number of piperidine rings is 2. The highest BCUT2D eigenvalue weighted by Gasteiger charge is 2.40. The van der Waals surface area contributed by atoms with Crippen molar-refractivity contribution in [3.8, 4) is 0 Å². The van der Waals surface area contributed by atoms with E-state index in [9.17, 15) is 4.79 Å². The van der Waals surface area contributed by atoms with Crippen LogP contribution in [0.2, 0.25) is 0 Å². The average Bonchev–Trinajstić information content (AvgIpc) is 2.28. The lowest BCUT2D eigenvalue weighted by molar-refractivity contribution is -0.121. The highest BCUT2D eigenvalue weighted by molar-refractivity contribution is 5.73. The van der Waals surface area contributed by atoms with Gasteiger partial charge in [0, 0.05) is 19.0 Å². The van der Waals surface area contributed by atoms with Crippen LogP contribution in [0, 0.1) is 11.8 Å². The van der Waals surface area contributed by atoms with E-state index < -0.39 is 0 Å². The summed E-state index contributed by atoms with van der Waals surface area (Å²) in [5.41, 5.74) is 0. The summed E-state index contributed by atoms with van der Waals surface area (Å²) in [5, 5.41) is 3.23. The quantitative estimate of drug-likeness (QED) is 0.798. The second kappa shape index (κ2) is 5.38. The van der Waals surface area contributed by atoms with Gasteiger partial charge in [-0.25, -0.2) is 0 Å². The molecule has 2 aliphatic heterocycles. The summed E-state index contributed by atoms with van der Waals surface area (Å²) in [5.74, 6) is 1.45. The summed E-state index contributed by atoms with van der Waals surface area (Å²) >= 11 is 0. The van der Waals surface area contributed by atoms with Crippen molar-refractivity contribution < 1.29 is 4.79 Å². The third-order valence-electron chi connectivity index (χ3n) is 4.52. The fourth-order valence-electron chi connectivity index (χ4n) is 3.67. The van der Waals surface area contributed by atoms with E-state index in [4.69, 9.17) is 0 Å². The normalized spacial score (nSPS) is 34.5. The van der Waals surface area contributed by atoms with Crippen LogP contribution in [0.3, 0.4) is 0 Å². The van der Waals surface area contributed by atoms with Crippen molar-refractivity contribution in [3.05, 3.63) is 0 Å². The summed E-state index contributed by atoms with van der Waals surface area (Å²) < 4.78 is 0. The Hall–Kier alpha value is -0.570. The number of carbonyl (C=O) groups excluding carboxylic acids is 1. The molecule has 0 aromatic heterocycles. The Kier molecular flexibility index (Phi) is 4.08. The summed E-state index contributed by atoms with van der Waals surface area (Å²) in [6.07, 6.45) is 5.14. The van der Waals surface area contributed by atoms with Gasteiger partial charge in [0.25, 0.3) is 0 Å². The highest BCUT2D eigenvalue weighted by Crippen LogP contribution is 2.33. The molecular formula is C14H26N2O. The maximum Gasteiger partial charge on any atom is 0.217 e. The number of hydrogen-bond donors (Lipinski definition) is 1. The first-order valence-corrected chi connectivity index (χ1v) is 7.10. The largest absolute Gasteiger partial charge is 0.352 e. The summed E-state index contributed by atoms with van der Waals surface area (Å²) in [6, 6.07) is 0.968. The minimum Gasteiger partial charge on any atom is -0.352 e. The van der Waals surface area contributed by atoms with Gasteiger partial charge in [-0.2, -0.15) is 0 Å². The fraction of sp³-hybridized carbons (Fsp3) is 0.929. The lowest BCUT2D eigenvalue weighted by Gasteiger charge is -2.49. The van der Waals surface area contributed by atoms with Gasteiger partial charge in [-0.05, 0) is 44.2 Å². The molecule has 2 fully saturated rings. The van der Waals surface area contributed by atoms with Crippen LogP contribution in [-0.4, -0.2) is 36.0 Å². The molecule has 2 rings (SSSR count). The van der Waals surface area contributed by atoms with E-state index in [0.717, 1.165) is 0 Å². The topological polar surface area (TPSA) is 32.3 Å².